The summed E-state index contributed by atoms with van der Waals surface area (Å²) in [6.45, 7) is 0.270. The first-order chi connectivity index (χ1) is 14.7. The number of para-hydroxylation sites is 1. The third kappa shape index (κ3) is 5.19. The van der Waals surface area contributed by atoms with Crippen molar-refractivity contribution in [3.05, 3.63) is 77.6 Å². The molecule has 2 aromatic carbocycles. The standard InChI is InChI=1S/C21H18F5N3O2/c1-28(11-4-12-31-15-9-7-14(22)8-10-15)20(30)16-13-27-29(19(16)21(24,25)26)18-6-3-2-5-17(18)23/h2-3,5-10,13H,4,11-12H2,1H3. The van der Waals surface area contributed by atoms with Gasteiger partial charge in [-0.05, 0) is 42.8 Å². The van der Waals surface area contributed by atoms with Gasteiger partial charge in [0.15, 0.2) is 5.69 Å². The molecule has 0 radical (unpaired) electrons. The summed E-state index contributed by atoms with van der Waals surface area (Å²) >= 11 is 0. The Morgan fingerprint density at radius 1 is 1.10 bits per heavy atom. The molecular formula is C21H18F5N3O2. The Balaban J connectivity index is 1.72. The third-order valence-corrected chi connectivity index (χ3v) is 4.42. The molecule has 0 bridgehead atoms. The van der Waals surface area contributed by atoms with Crippen molar-refractivity contribution in [1.29, 1.82) is 0 Å². The van der Waals surface area contributed by atoms with Crippen molar-refractivity contribution in [2.75, 3.05) is 20.2 Å². The molecule has 0 unspecified atom stereocenters. The zero-order valence-corrected chi connectivity index (χ0v) is 16.4. The fraction of sp³-hybridized carbons (Fsp3) is 0.238. The monoisotopic (exact) mass is 439 g/mol. The molecule has 3 aromatic rings. The molecular weight excluding hydrogens is 421 g/mol. The predicted molar refractivity (Wildman–Crippen MR) is 102 cm³/mol. The van der Waals surface area contributed by atoms with Gasteiger partial charge in [-0.3, -0.25) is 4.79 Å². The number of amides is 1. The van der Waals surface area contributed by atoms with Gasteiger partial charge in [0, 0.05) is 13.6 Å². The van der Waals surface area contributed by atoms with E-state index in [0.29, 0.717) is 16.9 Å². The molecule has 0 spiro atoms. The van der Waals surface area contributed by atoms with Gasteiger partial charge < -0.3 is 9.64 Å². The van der Waals surface area contributed by atoms with Gasteiger partial charge in [0.1, 0.15) is 23.1 Å². The summed E-state index contributed by atoms with van der Waals surface area (Å²) in [5.41, 5.74) is -2.45. The summed E-state index contributed by atoms with van der Waals surface area (Å²) in [5.74, 6) is -1.78. The van der Waals surface area contributed by atoms with E-state index in [0.717, 1.165) is 23.2 Å². The summed E-state index contributed by atoms with van der Waals surface area (Å²) in [5, 5.41) is 3.61. The third-order valence-electron chi connectivity index (χ3n) is 4.42. The van der Waals surface area contributed by atoms with Crippen molar-refractivity contribution in [2.45, 2.75) is 12.6 Å². The van der Waals surface area contributed by atoms with E-state index < -0.39 is 40.7 Å². The van der Waals surface area contributed by atoms with Crippen molar-refractivity contribution < 1.29 is 31.5 Å². The van der Waals surface area contributed by atoms with E-state index in [1.165, 1.54) is 43.4 Å². The Labute approximate surface area is 174 Å². The van der Waals surface area contributed by atoms with Gasteiger partial charge in [0.25, 0.3) is 5.91 Å². The van der Waals surface area contributed by atoms with Crippen molar-refractivity contribution in [3.63, 3.8) is 0 Å². The number of carbonyl (C=O) groups excluding carboxylic acids is 1. The van der Waals surface area contributed by atoms with Crippen LogP contribution in [0.3, 0.4) is 0 Å². The normalized spacial score (nSPS) is 11.4. The molecule has 0 aliphatic rings. The first-order valence-electron chi connectivity index (χ1n) is 9.22. The maximum atomic E-state index is 14.0. The molecule has 0 saturated heterocycles. The number of benzene rings is 2. The van der Waals surface area contributed by atoms with Gasteiger partial charge in [-0.15, -0.1) is 0 Å². The van der Waals surface area contributed by atoms with E-state index in [1.807, 2.05) is 0 Å². The van der Waals surface area contributed by atoms with E-state index in [9.17, 15) is 26.7 Å². The second-order valence-electron chi connectivity index (χ2n) is 6.65. The molecule has 10 heteroatoms. The summed E-state index contributed by atoms with van der Waals surface area (Å²) in [4.78, 5) is 13.7. The number of alkyl halides is 3. The van der Waals surface area contributed by atoms with Gasteiger partial charge in [-0.25, -0.2) is 13.5 Å². The Morgan fingerprint density at radius 2 is 1.77 bits per heavy atom. The van der Waals surface area contributed by atoms with Gasteiger partial charge >= 0.3 is 6.18 Å². The molecule has 0 fully saturated rings. The van der Waals surface area contributed by atoms with E-state index in [2.05, 4.69) is 5.10 Å². The number of carbonyl (C=O) groups is 1. The lowest BCUT2D eigenvalue weighted by Crippen LogP contribution is -2.30. The van der Waals surface area contributed by atoms with Crippen LogP contribution in [0.1, 0.15) is 22.5 Å². The second-order valence-corrected chi connectivity index (χ2v) is 6.65. The number of hydrogen-bond acceptors (Lipinski definition) is 3. The van der Waals surface area contributed by atoms with Crippen molar-refractivity contribution in [3.8, 4) is 11.4 Å². The molecule has 1 aromatic heterocycles. The molecule has 31 heavy (non-hydrogen) atoms. The van der Waals surface area contributed by atoms with Crippen LogP contribution in [0.4, 0.5) is 22.0 Å². The lowest BCUT2D eigenvalue weighted by atomic mass is 10.2. The molecule has 0 atom stereocenters. The van der Waals surface area contributed by atoms with Crippen LogP contribution in [0, 0.1) is 11.6 Å². The molecule has 0 N–H and O–H groups in total. The average Bonchev–Trinajstić information content (AvgIpc) is 3.17. The van der Waals surface area contributed by atoms with Crippen LogP contribution in [0.5, 0.6) is 5.75 Å². The second kappa shape index (κ2) is 9.15. The topological polar surface area (TPSA) is 47.4 Å². The fourth-order valence-corrected chi connectivity index (χ4v) is 2.91. The molecule has 0 aliphatic heterocycles. The summed E-state index contributed by atoms with van der Waals surface area (Å²) in [6.07, 6.45) is -3.83. The van der Waals surface area contributed by atoms with E-state index >= 15 is 0 Å². The number of nitrogens with zero attached hydrogens (tertiary/aromatic N) is 3. The first-order valence-corrected chi connectivity index (χ1v) is 9.22. The molecule has 0 aliphatic carbocycles. The Morgan fingerprint density at radius 3 is 2.42 bits per heavy atom. The molecule has 164 valence electrons. The minimum Gasteiger partial charge on any atom is -0.494 e. The number of halogens is 5. The van der Waals surface area contributed by atoms with E-state index in [-0.39, 0.29) is 13.2 Å². The van der Waals surface area contributed by atoms with Crippen LogP contribution in [0.25, 0.3) is 5.69 Å². The van der Waals surface area contributed by atoms with Gasteiger partial charge in [-0.2, -0.15) is 18.3 Å². The number of ether oxygens (including phenoxy) is 1. The average molecular weight is 439 g/mol. The molecule has 1 amide bonds. The molecule has 1 heterocycles. The molecule has 3 rings (SSSR count). The lowest BCUT2D eigenvalue weighted by molar-refractivity contribution is -0.143. The van der Waals surface area contributed by atoms with Crippen LogP contribution in [0.2, 0.25) is 0 Å². The minimum absolute atomic E-state index is 0.0994. The van der Waals surface area contributed by atoms with Crippen molar-refractivity contribution in [1.82, 2.24) is 14.7 Å². The largest absolute Gasteiger partial charge is 0.494 e. The van der Waals surface area contributed by atoms with Gasteiger partial charge in [0.2, 0.25) is 0 Å². The maximum absolute atomic E-state index is 14.0. The van der Waals surface area contributed by atoms with Crippen LogP contribution in [-0.2, 0) is 6.18 Å². The lowest BCUT2D eigenvalue weighted by Gasteiger charge is -2.19. The SMILES string of the molecule is CN(CCCOc1ccc(F)cc1)C(=O)c1cnn(-c2ccccc2F)c1C(F)(F)F. The summed E-state index contributed by atoms with van der Waals surface area (Å²) < 4.78 is 73.8. The first kappa shape index (κ1) is 22.3. The van der Waals surface area contributed by atoms with Crippen LogP contribution in [-0.4, -0.2) is 40.8 Å². The Bertz CT molecular complexity index is 1050. The highest BCUT2D eigenvalue weighted by molar-refractivity contribution is 5.95. The van der Waals surface area contributed by atoms with Crippen LogP contribution in [0.15, 0.2) is 54.7 Å². The zero-order chi connectivity index (χ0) is 22.6. The molecule has 5 nitrogen and oxygen atoms in total. The fourth-order valence-electron chi connectivity index (χ4n) is 2.91. The Kier molecular flexibility index (Phi) is 6.57. The van der Waals surface area contributed by atoms with Crippen LogP contribution >= 0.6 is 0 Å². The number of rotatable bonds is 7. The highest BCUT2D eigenvalue weighted by Gasteiger charge is 2.41. The maximum Gasteiger partial charge on any atom is 0.434 e. The number of hydrogen-bond donors (Lipinski definition) is 0. The smallest absolute Gasteiger partial charge is 0.434 e. The summed E-state index contributed by atoms with van der Waals surface area (Å²) in [6, 6.07) is 10.2. The van der Waals surface area contributed by atoms with Crippen molar-refractivity contribution >= 4 is 5.91 Å². The molecule has 0 saturated carbocycles. The van der Waals surface area contributed by atoms with Crippen molar-refractivity contribution in [2.24, 2.45) is 0 Å². The highest BCUT2D eigenvalue weighted by atomic mass is 19.4. The quantitative estimate of drug-likeness (QED) is 0.396. The highest BCUT2D eigenvalue weighted by Crippen LogP contribution is 2.34. The predicted octanol–water partition coefficient (Wildman–Crippen LogP) is 4.71. The van der Waals surface area contributed by atoms with Crippen LogP contribution < -0.4 is 4.74 Å². The van der Waals surface area contributed by atoms with Gasteiger partial charge in [-0.1, -0.05) is 12.1 Å². The van der Waals surface area contributed by atoms with Gasteiger partial charge in [0.05, 0.1) is 18.4 Å². The zero-order valence-electron chi connectivity index (χ0n) is 16.4. The number of aromatic nitrogens is 2. The van der Waals surface area contributed by atoms with E-state index in [4.69, 9.17) is 4.74 Å². The minimum atomic E-state index is -4.93. The van der Waals surface area contributed by atoms with E-state index in [1.54, 1.807) is 0 Å². The Hall–Kier alpha value is -3.43. The summed E-state index contributed by atoms with van der Waals surface area (Å²) in [7, 11) is 1.35.